The number of likely N-dealkylation sites (tertiary alicyclic amines) is 1. The predicted octanol–water partition coefficient (Wildman–Crippen LogP) is 4.22. The molecule has 0 atom stereocenters. The lowest BCUT2D eigenvalue weighted by atomic mass is 9.82. The van der Waals surface area contributed by atoms with Gasteiger partial charge in [0.25, 0.3) is 0 Å². The molecular formula is C15H21BrFNO. The van der Waals surface area contributed by atoms with Crippen LogP contribution in [0.1, 0.15) is 32.3 Å². The SMILES string of the molecule is COc1c(F)cc(CN2CCC(C)(C)CC2)cc1Br. The quantitative estimate of drug-likeness (QED) is 0.823. The van der Waals surface area contributed by atoms with E-state index in [2.05, 4.69) is 34.7 Å². The summed E-state index contributed by atoms with van der Waals surface area (Å²) in [4.78, 5) is 2.39. The van der Waals surface area contributed by atoms with Gasteiger partial charge >= 0.3 is 0 Å². The molecule has 2 nitrogen and oxygen atoms in total. The molecule has 106 valence electrons. The zero-order chi connectivity index (χ0) is 14.0. The van der Waals surface area contributed by atoms with E-state index < -0.39 is 0 Å². The van der Waals surface area contributed by atoms with Crippen LogP contribution in [0.5, 0.6) is 5.75 Å². The molecule has 1 aromatic carbocycles. The Morgan fingerprint density at radius 2 is 1.95 bits per heavy atom. The number of ether oxygens (including phenoxy) is 1. The molecule has 1 aromatic rings. The van der Waals surface area contributed by atoms with E-state index in [4.69, 9.17) is 4.74 Å². The van der Waals surface area contributed by atoms with Gasteiger partial charge in [-0.2, -0.15) is 0 Å². The third-order valence-corrected chi connectivity index (χ3v) is 4.47. The average Bonchev–Trinajstić information content (AvgIpc) is 2.32. The number of methoxy groups -OCH3 is 1. The number of piperidine rings is 1. The summed E-state index contributed by atoms with van der Waals surface area (Å²) in [5.41, 5.74) is 1.44. The van der Waals surface area contributed by atoms with Crippen molar-refractivity contribution in [1.29, 1.82) is 0 Å². The average molecular weight is 330 g/mol. The molecule has 1 aliphatic rings. The van der Waals surface area contributed by atoms with Crippen LogP contribution in [0, 0.1) is 11.2 Å². The maximum absolute atomic E-state index is 13.8. The van der Waals surface area contributed by atoms with Crippen LogP contribution in [0.3, 0.4) is 0 Å². The Morgan fingerprint density at radius 1 is 1.32 bits per heavy atom. The Hall–Kier alpha value is -0.610. The van der Waals surface area contributed by atoms with Gasteiger partial charge in [-0.3, -0.25) is 4.90 Å². The first kappa shape index (κ1) is 14.8. The first-order valence-electron chi connectivity index (χ1n) is 6.65. The third kappa shape index (κ3) is 3.69. The fourth-order valence-electron chi connectivity index (χ4n) is 2.47. The van der Waals surface area contributed by atoms with Crippen LogP contribution in [-0.2, 0) is 6.54 Å². The Kier molecular flexibility index (Phi) is 4.51. The van der Waals surface area contributed by atoms with Gasteiger partial charge in [0, 0.05) is 6.54 Å². The van der Waals surface area contributed by atoms with Crippen LogP contribution in [0.2, 0.25) is 0 Å². The second-order valence-corrected chi connectivity index (χ2v) is 6.89. The maximum Gasteiger partial charge on any atom is 0.168 e. The Labute approximate surface area is 123 Å². The standard InChI is InChI=1S/C15H21BrFNO/c1-15(2)4-6-18(7-5-15)10-11-8-12(16)14(19-3)13(17)9-11/h8-9H,4-7,10H2,1-3H3. The minimum atomic E-state index is -0.302. The molecule has 0 unspecified atom stereocenters. The number of rotatable bonds is 3. The van der Waals surface area contributed by atoms with E-state index in [1.54, 1.807) is 6.07 Å². The highest BCUT2D eigenvalue weighted by atomic mass is 79.9. The Morgan fingerprint density at radius 3 is 2.47 bits per heavy atom. The molecule has 4 heteroatoms. The summed E-state index contributed by atoms with van der Waals surface area (Å²) >= 11 is 3.36. The van der Waals surface area contributed by atoms with Gasteiger partial charge in [-0.1, -0.05) is 13.8 Å². The molecule has 2 rings (SSSR count). The summed E-state index contributed by atoms with van der Waals surface area (Å²) < 4.78 is 19.5. The van der Waals surface area contributed by atoms with E-state index in [-0.39, 0.29) is 11.6 Å². The van der Waals surface area contributed by atoms with Crippen molar-refractivity contribution in [3.05, 3.63) is 28.0 Å². The topological polar surface area (TPSA) is 12.5 Å². The normalized spacial score (nSPS) is 19.4. The Bertz CT molecular complexity index is 428. The maximum atomic E-state index is 13.8. The van der Waals surface area contributed by atoms with E-state index in [1.165, 1.54) is 20.0 Å². The van der Waals surface area contributed by atoms with Crippen LogP contribution >= 0.6 is 15.9 Å². The molecule has 0 radical (unpaired) electrons. The molecule has 0 N–H and O–H groups in total. The molecule has 0 spiro atoms. The molecule has 0 aliphatic carbocycles. The third-order valence-electron chi connectivity index (χ3n) is 3.88. The molecule has 0 aromatic heterocycles. The van der Waals surface area contributed by atoms with Crippen LogP contribution in [0.25, 0.3) is 0 Å². The zero-order valence-electron chi connectivity index (χ0n) is 11.8. The molecule has 1 saturated heterocycles. The van der Waals surface area contributed by atoms with Crippen molar-refractivity contribution in [2.24, 2.45) is 5.41 Å². The summed E-state index contributed by atoms with van der Waals surface area (Å²) in [7, 11) is 1.48. The summed E-state index contributed by atoms with van der Waals surface area (Å²) in [6, 6.07) is 3.52. The van der Waals surface area contributed by atoms with Crippen molar-refractivity contribution >= 4 is 15.9 Å². The molecule has 1 heterocycles. The monoisotopic (exact) mass is 329 g/mol. The number of hydrogen-bond acceptors (Lipinski definition) is 2. The predicted molar refractivity (Wildman–Crippen MR) is 78.9 cm³/mol. The summed E-state index contributed by atoms with van der Waals surface area (Å²) in [6.07, 6.45) is 2.40. The van der Waals surface area contributed by atoms with Gasteiger partial charge in [0.15, 0.2) is 11.6 Å². The molecule has 0 amide bonds. The van der Waals surface area contributed by atoms with Crippen LogP contribution in [-0.4, -0.2) is 25.1 Å². The number of hydrogen-bond donors (Lipinski definition) is 0. The molecule has 1 fully saturated rings. The van der Waals surface area contributed by atoms with Crippen molar-refractivity contribution in [2.45, 2.75) is 33.2 Å². The lowest BCUT2D eigenvalue weighted by Gasteiger charge is -2.37. The zero-order valence-corrected chi connectivity index (χ0v) is 13.4. The van der Waals surface area contributed by atoms with Gasteiger partial charge in [-0.05, 0) is 65.0 Å². The smallest absolute Gasteiger partial charge is 0.168 e. The van der Waals surface area contributed by atoms with E-state index >= 15 is 0 Å². The van der Waals surface area contributed by atoms with Crippen molar-refractivity contribution in [2.75, 3.05) is 20.2 Å². The van der Waals surface area contributed by atoms with Crippen LogP contribution < -0.4 is 4.74 Å². The highest BCUT2D eigenvalue weighted by Crippen LogP contribution is 2.32. The van der Waals surface area contributed by atoms with Gasteiger partial charge in [0.1, 0.15) is 0 Å². The second-order valence-electron chi connectivity index (χ2n) is 6.03. The molecule has 0 bridgehead atoms. The highest BCUT2D eigenvalue weighted by Gasteiger charge is 2.25. The van der Waals surface area contributed by atoms with Crippen LogP contribution in [0.4, 0.5) is 4.39 Å². The van der Waals surface area contributed by atoms with E-state index in [0.29, 0.717) is 9.89 Å². The van der Waals surface area contributed by atoms with E-state index in [1.807, 2.05) is 6.07 Å². The minimum Gasteiger partial charge on any atom is -0.492 e. The summed E-state index contributed by atoms with van der Waals surface area (Å²) in [5, 5.41) is 0. The van der Waals surface area contributed by atoms with Gasteiger partial charge in [0.05, 0.1) is 11.6 Å². The second kappa shape index (κ2) is 5.80. The molecule has 0 saturated carbocycles. The van der Waals surface area contributed by atoms with Crippen molar-refractivity contribution in [3.63, 3.8) is 0 Å². The largest absolute Gasteiger partial charge is 0.492 e. The number of halogens is 2. The number of nitrogens with zero attached hydrogens (tertiary/aromatic N) is 1. The first-order chi connectivity index (χ1) is 8.91. The number of benzene rings is 1. The fraction of sp³-hybridized carbons (Fsp3) is 0.600. The van der Waals surface area contributed by atoms with Crippen molar-refractivity contribution in [1.82, 2.24) is 4.90 Å². The van der Waals surface area contributed by atoms with Crippen LogP contribution in [0.15, 0.2) is 16.6 Å². The fourth-order valence-corrected chi connectivity index (χ4v) is 3.12. The van der Waals surface area contributed by atoms with E-state index in [9.17, 15) is 4.39 Å². The van der Waals surface area contributed by atoms with Gasteiger partial charge < -0.3 is 4.74 Å². The van der Waals surface area contributed by atoms with Gasteiger partial charge in [0.2, 0.25) is 0 Å². The van der Waals surface area contributed by atoms with Gasteiger partial charge in [-0.15, -0.1) is 0 Å². The highest BCUT2D eigenvalue weighted by molar-refractivity contribution is 9.10. The van der Waals surface area contributed by atoms with Crippen molar-refractivity contribution < 1.29 is 9.13 Å². The first-order valence-corrected chi connectivity index (χ1v) is 7.45. The van der Waals surface area contributed by atoms with E-state index in [0.717, 1.165) is 25.2 Å². The summed E-state index contributed by atoms with van der Waals surface area (Å²) in [5.74, 6) is -0.0206. The molecule has 19 heavy (non-hydrogen) atoms. The summed E-state index contributed by atoms with van der Waals surface area (Å²) in [6.45, 7) is 7.59. The Balaban J connectivity index is 2.04. The lowest BCUT2D eigenvalue weighted by molar-refractivity contribution is 0.127. The minimum absolute atomic E-state index is 0.281. The molecular weight excluding hydrogens is 309 g/mol. The van der Waals surface area contributed by atoms with Crippen molar-refractivity contribution in [3.8, 4) is 5.75 Å². The molecule has 1 aliphatic heterocycles. The lowest BCUT2D eigenvalue weighted by Crippen LogP contribution is -2.36. The van der Waals surface area contributed by atoms with Gasteiger partial charge in [-0.25, -0.2) is 4.39 Å².